The van der Waals surface area contributed by atoms with Crippen LogP contribution in [0.1, 0.15) is 34.1 Å². The van der Waals surface area contributed by atoms with E-state index in [9.17, 15) is 22.2 Å². The summed E-state index contributed by atoms with van der Waals surface area (Å²) in [5.41, 5.74) is 0.881. The maximum Gasteiger partial charge on any atom is 0.471 e. The van der Waals surface area contributed by atoms with Crippen molar-refractivity contribution in [3.63, 3.8) is 0 Å². The molecule has 6 nitrogen and oxygen atoms in total. The Morgan fingerprint density at radius 1 is 1.25 bits per heavy atom. The van der Waals surface area contributed by atoms with Gasteiger partial charge in [-0.05, 0) is 24.1 Å². The summed E-state index contributed by atoms with van der Waals surface area (Å²) in [6, 6.07) is 6.07. The number of halogens is 3. The lowest BCUT2D eigenvalue weighted by molar-refractivity contribution is -0.159. The molecule has 2 aromatic rings. The molecule has 0 radical (unpaired) electrons. The van der Waals surface area contributed by atoms with Crippen molar-refractivity contribution in [2.75, 3.05) is 11.5 Å². The lowest BCUT2D eigenvalue weighted by Crippen LogP contribution is -2.24. The van der Waals surface area contributed by atoms with Gasteiger partial charge in [0.05, 0.1) is 9.73 Å². The molecule has 1 aliphatic rings. The molecule has 0 unspecified atom stereocenters. The Labute approximate surface area is 135 Å². The highest BCUT2D eigenvalue weighted by atomic mass is 32.2. The molecule has 0 N–H and O–H groups in total. The zero-order valence-electron chi connectivity index (χ0n) is 12.2. The molecule has 1 saturated heterocycles. The Hall–Kier alpha value is -2.23. The predicted molar refractivity (Wildman–Crippen MR) is 77.8 cm³/mol. The van der Waals surface area contributed by atoms with Crippen molar-refractivity contribution in [2.45, 2.75) is 19.0 Å². The average Bonchev–Trinajstić information content (AvgIpc) is 2.95. The molecule has 1 amide bonds. The van der Waals surface area contributed by atoms with Crippen LogP contribution in [0, 0.1) is 0 Å². The van der Waals surface area contributed by atoms with E-state index >= 15 is 0 Å². The highest BCUT2D eigenvalue weighted by Crippen LogP contribution is 2.27. The van der Waals surface area contributed by atoms with Gasteiger partial charge in [-0.2, -0.15) is 22.5 Å². The number of alkyl halides is 3. The SMILES string of the molecule is O=C(N=S1(=O)CCC1)c1ccc(Cc2noc(C(F)(F)F)n2)cc1. The zero-order valence-corrected chi connectivity index (χ0v) is 13.1. The van der Waals surface area contributed by atoms with Gasteiger partial charge in [0.2, 0.25) is 0 Å². The molecular formula is C14H12F3N3O3S. The maximum absolute atomic E-state index is 12.4. The normalized spacial score (nSPS) is 16.5. The molecule has 128 valence electrons. The Morgan fingerprint density at radius 3 is 2.42 bits per heavy atom. The van der Waals surface area contributed by atoms with Gasteiger partial charge in [0.15, 0.2) is 5.82 Å². The van der Waals surface area contributed by atoms with Gasteiger partial charge in [-0.1, -0.05) is 17.3 Å². The Bertz CT molecular complexity index is 871. The molecule has 1 fully saturated rings. The first-order valence-electron chi connectivity index (χ1n) is 7.01. The standard InChI is InChI=1S/C14H12F3N3O3S/c15-14(16,17)13-18-11(19-23-13)8-9-2-4-10(5-3-9)12(21)20-24(22)6-1-7-24/h2-5H,1,6-8H2. The van der Waals surface area contributed by atoms with Crippen LogP contribution in [0.2, 0.25) is 0 Å². The van der Waals surface area contributed by atoms with Crippen molar-refractivity contribution in [3.05, 3.63) is 47.1 Å². The number of nitrogens with zero attached hydrogens (tertiary/aromatic N) is 3. The fourth-order valence-corrected chi connectivity index (χ4v) is 3.45. The number of hydrogen-bond donors (Lipinski definition) is 0. The van der Waals surface area contributed by atoms with E-state index in [1.807, 2.05) is 0 Å². The lowest BCUT2D eigenvalue weighted by Gasteiger charge is -2.16. The summed E-state index contributed by atoms with van der Waals surface area (Å²) in [5.74, 6) is -1.17. The zero-order chi connectivity index (χ0) is 17.4. The van der Waals surface area contributed by atoms with Crippen LogP contribution in [0.15, 0.2) is 33.2 Å². The first-order chi connectivity index (χ1) is 11.3. The predicted octanol–water partition coefficient (Wildman–Crippen LogP) is 2.69. The van der Waals surface area contributed by atoms with Crippen LogP contribution < -0.4 is 0 Å². The van der Waals surface area contributed by atoms with Crippen molar-refractivity contribution >= 4 is 15.6 Å². The van der Waals surface area contributed by atoms with Gasteiger partial charge in [0.25, 0.3) is 5.91 Å². The van der Waals surface area contributed by atoms with Crippen molar-refractivity contribution in [1.29, 1.82) is 0 Å². The third-order valence-electron chi connectivity index (χ3n) is 3.45. The van der Waals surface area contributed by atoms with Crippen molar-refractivity contribution in [3.8, 4) is 0 Å². The summed E-state index contributed by atoms with van der Waals surface area (Å²) < 4.78 is 57.0. The summed E-state index contributed by atoms with van der Waals surface area (Å²) in [4.78, 5) is 15.2. The fraction of sp³-hybridized carbons (Fsp3) is 0.357. The Kier molecular flexibility index (Phi) is 4.16. The van der Waals surface area contributed by atoms with Crippen LogP contribution in [0.25, 0.3) is 0 Å². The number of amides is 1. The average molecular weight is 359 g/mol. The Balaban J connectivity index is 1.71. The van der Waals surface area contributed by atoms with E-state index in [1.165, 1.54) is 12.1 Å². The number of carbonyl (C=O) groups excluding carboxylic acids is 1. The maximum atomic E-state index is 12.4. The number of aromatic nitrogens is 2. The molecule has 0 saturated carbocycles. The molecule has 0 spiro atoms. The number of benzene rings is 1. The second kappa shape index (κ2) is 6.00. The molecule has 2 heterocycles. The van der Waals surface area contributed by atoms with Crippen molar-refractivity contribution in [2.24, 2.45) is 4.36 Å². The van der Waals surface area contributed by atoms with Gasteiger partial charge in [-0.25, -0.2) is 4.21 Å². The summed E-state index contributed by atoms with van der Waals surface area (Å²) in [6.07, 6.45) is -3.84. The highest BCUT2D eigenvalue weighted by molar-refractivity contribution is 7.95. The number of rotatable bonds is 3. The Morgan fingerprint density at radius 2 is 1.92 bits per heavy atom. The third kappa shape index (κ3) is 3.64. The van der Waals surface area contributed by atoms with E-state index in [4.69, 9.17) is 0 Å². The smallest absolute Gasteiger partial charge is 0.329 e. The first-order valence-corrected chi connectivity index (χ1v) is 8.86. The number of carbonyl (C=O) groups is 1. The summed E-state index contributed by atoms with van der Waals surface area (Å²) in [6.45, 7) is 0. The van der Waals surface area contributed by atoms with E-state index in [2.05, 4.69) is 19.0 Å². The third-order valence-corrected chi connectivity index (χ3v) is 5.80. The van der Waals surface area contributed by atoms with Gasteiger partial charge < -0.3 is 4.52 Å². The van der Waals surface area contributed by atoms with Crippen LogP contribution in [0.4, 0.5) is 13.2 Å². The minimum atomic E-state index is -4.68. The molecule has 0 bridgehead atoms. The van der Waals surface area contributed by atoms with E-state index in [1.54, 1.807) is 12.1 Å². The van der Waals surface area contributed by atoms with Gasteiger partial charge >= 0.3 is 12.1 Å². The van der Waals surface area contributed by atoms with Crippen LogP contribution in [0.3, 0.4) is 0 Å². The number of hydrogen-bond acceptors (Lipinski definition) is 5. The molecule has 3 rings (SSSR count). The van der Waals surface area contributed by atoms with E-state index in [-0.39, 0.29) is 17.8 Å². The molecule has 1 aromatic carbocycles. The highest BCUT2D eigenvalue weighted by Gasteiger charge is 2.38. The lowest BCUT2D eigenvalue weighted by atomic mass is 10.1. The molecule has 0 aliphatic carbocycles. The summed E-state index contributed by atoms with van der Waals surface area (Å²) in [7, 11) is -2.37. The molecular weight excluding hydrogens is 347 g/mol. The van der Waals surface area contributed by atoms with E-state index in [0.29, 0.717) is 17.1 Å². The van der Waals surface area contributed by atoms with E-state index in [0.717, 1.165) is 6.42 Å². The fourth-order valence-electron chi connectivity index (χ4n) is 2.08. The second-order valence-corrected chi connectivity index (χ2v) is 7.86. The summed E-state index contributed by atoms with van der Waals surface area (Å²) in [5, 5.41) is 3.27. The van der Waals surface area contributed by atoms with Crippen molar-refractivity contribution in [1.82, 2.24) is 10.1 Å². The minimum absolute atomic E-state index is 0.0297. The first kappa shape index (κ1) is 16.6. The van der Waals surface area contributed by atoms with Crippen molar-refractivity contribution < 1.29 is 26.7 Å². The van der Waals surface area contributed by atoms with Crippen LogP contribution >= 0.6 is 0 Å². The molecule has 1 aliphatic heterocycles. The van der Waals surface area contributed by atoms with Gasteiger partial charge in [0.1, 0.15) is 0 Å². The molecule has 1 aromatic heterocycles. The molecule has 10 heteroatoms. The summed E-state index contributed by atoms with van der Waals surface area (Å²) >= 11 is 0. The molecule has 0 atom stereocenters. The van der Waals surface area contributed by atoms with E-state index < -0.39 is 27.7 Å². The van der Waals surface area contributed by atoms with Gasteiger partial charge in [0, 0.05) is 23.5 Å². The van der Waals surface area contributed by atoms with Crippen LogP contribution in [-0.2, 0) is 22.3 Å². The van der Waals surface area contributed by atoms with Crippen LogP contribution in [0.5, 0.6) is 0 Å². The molecule has 24 heavy (non-hydrogen) atoms. The van der Waals surface area contributed by atoms with Crippen LogP contribution in [-0.4, -0.2) is 31.8 Å². The monoisotopic (exact) mass is 359 g/mol. The second-order valence-electron chi connectivity index (χ2n) is 5.32. The topological polar surface area (TPSA) is 85.4 Å². The largest absolute Gasteiger partial charge is 0.471 e. The minimum Gasteiger partial charge on any atom is -0.329 e. The quantitative estimate of drug-likeness (QED) is 0.841. The van der Waals surface area contributed by atoms with Gasteiger partial charge in [-0.15, -0.1) is 0 Å². The van der Waals surface area contributed by atoms with Gasteiger partial charge in [-0.3, -0.25) is 4.79 Å².